The molecule has 1 aromatic rings. The molecule has 0 amide bonds. The zero-order valence-electron chi connectivity index (χ0n) is 13.4. The fourth-order valence-electron chi connectivity index (χ4n) is 3.11. The highest BCUT2D eigenvalue weighted by Crippen LogP contribution is 2.32. The maximum absolute atomic E-state index is 6.07. The zero-order chi connectivity index (χ0) is 14.5. The van der Waals surface area contributed by atoms with Gasteiger partial charge in [0.05, 0.1) is 12.7 Å². The molecule has 0 radical (unpaired) electrons. The van der Waals surface area contributed by atoms with Gasteiger partial charge in [0, 0.05) is 6.04 Å². The van der Waals surface area contributed by atoms with Gasteiger partial charge in [0.15, 0.2) is 0 Å². The van der Waals surface area contributed by atoms with Crippen LogP contribution >= 0.6 is 0 Å². The molecule has 1 aromatic carbocycles. The molecule has 1 aliphatic heterocycles. The SMILES string of the molecule is CCNC(CC1OCCc2ccccc21)C(C)C(C)C. The van der Waals surface area contributed by atoms with Gasteiger partial charge in [-0.05, 0) is 42.3 Å². The average Bonchev–Trinajstić information content (AvgIpc) is 2.46. The molecule has 0 fully saturated rings. The van der Waals surface area contributed by atoms with Gasteiger partial charge in [-0.1, -0.05) is 52.0 Å². The van der Waals surface area contributed by atoms with E-state index in [0.717, 1.165) is 26.0 Å². The largest absolute Gasteiger partial charge is 0.373 e. The van der Waals surface area contributed by atoms with Gasteiger partial charge < -0.3 is 10.1 Å². The molecule has 20 heavy (non-hydrogen) atoms. The Morgan fingerprint density at radius 1 is 1.25 bits per heavy atom. The lowest BCUT2D eigenvalue weighted by Crippen LogP contribution is -2.39. The van der Waals surface area contributed by atoms with Gasteiger partial charge in [0.25, 0.3) is 0 Å². The molecule has 0 saturated carbocycles. The van der Waals surface area contributed by atoms with E-state index in [0.29, 0.717) is 17.9 Å². The highest BCUT2D eigenvalue weighted by Gasteiger charge is 2.27. The van der Waals surface area contributed by atoms with E-state index < -0.39 is 0 Å². The van der Waals surface area contributed by atoms with Crippen LogP contribution in [0, 0.1) is 11.8 Å². The number of fused-ring (bicyclic) bond motifs is 1. The fourth-order valence-corrected chi connectivity index (χ4v) is 3.11. The highest BCUT2D eigenvalue weighted by atomic mass is 16.5. The molecule has 1 N–H and O–H groups in total. The summed E-state index contributed by atoms with van der Waals surface area (Å²) in [6, 6.07) is 9.28. The van der Waals surface area contributed by atoms with Crippen LogP contribution in [-0.4, -0.2) is 19.2 Å². The Balaban J connectivity index is 2.11. The summed E-state index contributed by atoms with van der Waals surface area (Å²) in [5.74, 6) is 1.35. The zero-order valence-corrected chi connectivity index (χ0v) is 13.4. The van der Waals surface area contributed by atoms with Gasteiger partial charge in [-0.15, -0.1) is 0 Å². The minimum atomic E-state index is 0.255. The van der Waals surface area contributed by atoms with E-state index in [-0.39, 0.29) is 6.10 Å². The van der Waals surface area contributed by atoms with Crippen LogP contribution in [0.5, 0.6) is 0 Å². The Hall–Kier alpha value is -0.860. The normalized spacial score (nSPS) is 21.6. The fraction of sp³-hybridized carbons (Fsp3) is 0.667. The van der Waals surface area contributed by atoms with Crippen molar-refractivity contribution in [3.63, 3.8) is 0 Å². The summed E-state index contributed by atoms with van der Waals surface area (Å²) < 4.78 is 6.07. The van der Waals surface area contributed by atoms with Gasteiger partial charge in [0.2, 0.25) is 0 Å². The highest BCUT2D eigenvalue weighted by molar-refractivity contribution is 5.31. The smallest absolute Gasteiger partial charge is 0.0842 e. The van der Waals surface area contributed by atoms with E-state index >= 15 is 0 Å². The maximum Gasteiger partial charge on any atom is 0.0842 e. The molecule has 2 heteroatoms. The van der Waals surface area contributed by atoms with Crippen LogP contribution in [0.1, 0.15) is 51.3 Å². The Morgan fingerprint density at radius 3 is 2.70 bits per heavy atom. The minimum absolute atomic E-state index is 0.255. The number of rotatable bonds is 6. The number of nitrogens with one attached hydrogen (secondary N) is 1. The van der Waals surface area contributed by atoms with Gasteiger partial charge in [-0.3, -0.25) is 0 Å². The lowest BCUT2D eigenvalue weighted by Gasteiger charge is -2.33. The van der Waals surface area contributed by atoms with Gasteiger partial charge in [-0.2, -0.15) is 0 Å². The molecule has 0 bridgehead atoms. The first kappa shape index (κ1) is 15.5. The molecule has 2 nitrogen and oxygen atoms in total. The molecular formula is C18H29NO. The first-order valence-electron chi connectivity index (χ1n) is 8.06. The van der Waals surface area contributed by atoms with Crippen LogP contribution in [0.3, 0.4) is 0 Å². The molecule has 0 saturated heterocycles. The number of ether oxygens (including phenoxy) is 1. The monoisotopic (exact) mass is 275 g/mol. The van der Waals surface area contributed by atoms with Crippen LogP contribution in [0.4, 0.5) is 0 Å². The van der Waals surface area contributed by atoms with Crippen LogP contribution < -0.4 is 5.32 Å². The van der Waals surface area contributed by atoms with Crippen molar-refractivity contribution in [2.75, 3.05) is 13.2 Å². The molecule has 3 unspecified atom stereocenters. The second-order valence-corrected chi connectivity index (χ2v) is 6.31. The van der Waals surface area contributed by atoms with Crippen molar-refractivity contribution in [1.82, 2.24) is 5.32 Å². The van der Waals surface area contributed by atoms with Crippen molar-refractivity contribution in [2.45, 2.75) is 52.7 Å². The van der Waals surface area contributed by atoms with Gasteiger partial charge >= 0.3 is 0 Å². The van der Waals surface area contributed by atoms with Crippen LogP contribution in [0.2, 0.25) is 0 Å². The predicted octanol–water partition coefficient (Wildman–Crippen LogP) is 3.96. The predicted molar refractivity (Wildman–Crippen MR) is 84.9 cm³/mol. The van der Waals surface area contributed by atoms with E-state index in [1.165, 1.54) is 11.1 Å². The molecule has 3 atom stereocenters. The Kier molecular flexibility index (Phi) is 5.62. The van der Waals surface area contributed by atoms with Crippen molar-refractivity contribution in [3.8, 4) is 0 Å². The van der Waals surface area contributed by atoms with E-state index in [9.17, 15) is 0 Å². The molecule has 1 aliphatic rings. The number of hydrogen-bond acceptors (Lipinski definition) is 2. The Bertz CT molecular complexity index is 416. The lowest BCUT2D eigenvalue weighted by molar-refractivity contribution is 0.0231. The molecule has 112 valence electrons. The van der Waals surface area contributed by atoms with E-state index in [4.69, 9.17) is 4.74 Å². The standard InChI is InChI=1S/C18H29NO/c1-5-19-17(14(4)13(2)3)12-18-16-9-7-6-8-15(16)10-11-20-18/h6-9,13-14,17-19H,5,10-12H2,1-4H3. The second-order valence-electron chi connectivity index (χ2n) is 6.31. The third kappa shape index (κ3) is 3.62. The third-order valence-electron chi connectivity index (χ3n) is 4.71. The average molecular weight is 275 g/mol. The molecule has 2 rings (SSSR count). The molecule has 1 heterocycles. The summed E-state index contributed by atoms with van der Waals surface area (Å²) >= 11 is 0. The first-order chi connectivity index (χ1) is 9.63. The van der Waals surface area contributed by atoms with Crippen LogP contribution in [-0.2, 0) is 11.2 Å². The third-order valence-corrected chi connectivity index (χ3v) is 4.71. The van der Waals surface area contributed by atoms with Crippen molar-refractivity contribution >= 4 is 0 Å². The second kappa shape index (κ2) is 7.24. The Morgan fingerprint density at radius 2 is 2.00 bits per heavy atom. The quantitative estimate of drug-likeness (QED) is 0.848. The van der Waals surface area contributed by atoms with Crippen molar-refractivity contribution in [2.24, 2.45) is 11.8 Å². The minimum Gasteiger partial charge on any atom is -0.373 e. The summed E-state index contributed by atoms with van der Waals surface area (Å²) in [5, 5.41) is 3.66. The molecule has 0 aromatic heterocycles. The molecule has 0 spiro atoms. The maximum atomic E-state index is 6.07. The topological polar surface area (TPSA) is 21.3 Å². The van der Waals surface area contributed by atoms with E-state index in [1.54, 1.807) is 0 Å². The van der Waals surface area contributed by atoms with E-state index in [2.05, 4.69) is 57.3 Å². The van der Waals surface area contributed by atoms with Crippen molar-refractivity contribution in [3.05, 3.63) is 35.4 Å². The summed E-state index contributed by atoms with van der Waals surface area (Å²) in [6.07, 6.45) is 2.38. The number of hydrogen-bond donors (Lipinski definition) is 1. The van der Waals surface area contributed by atoms with Gasteiger partial charge in [-0.25, -0.2) is 0 Å². The van der Waals surface area contributed by atoms with Crippen LogP contribution in [0.25, 0.3) is 0 Å². The summed E-state index contributed by atoms with van der Waals surface area (Å²) in [6.45, 7) is 11.0. The van der Waals surface area contributed by atoms with Gasteiger partial charge in [0.1, 0.15) is 0 Å². The molecule has 0 aliphatic carbocycles. The van der Waals surface area contributed by atoms with Crippen molar-refractivity contribution in [1.29, 1.82) is 0 Å². The summed E-state index contributed by atoms with van der Waals surface area (Å²) in [7, 11) is 0. The van der Waals surface area contributed by atoms with E-state index in [1.807, 2.05) is 0 Å². The Labute approximate surface area is 123 Å². The molecular weight excluding hydrogens is 246 g/mol. The summed E-state index contributed by atoms with van der Waals surface area (Å²) in [5.41, 5.74) is 2.87. The first-order valence-corrected chi connectivity index (χ1v) is 8.06. The lowest BCUT2D eigenvalue weighted by atomic mass is 9.84. The number of benzene rings is 1. The van der Waals surface area contributed by atoms with Crippen molar-refractivity contribution < 1.29 is 4.74 Å². The summed E-state index contributed by atoms with van der Waals surface area (Å²) in [4.78, 5) is 0. The van der Waals surface area contributed by atoms with Crippen LogP contribution in [0.15, 0.2) is 24.3 Å².